The predicted octanol–water partition coefficient (Wildman–Crippen LogP) is 3.77. The Bertz CT molecular complexity index is 440. The molecule has 0 fully saturated rings. The summed E-state index contributed by atoms with van der Waals surface area (Å²) in [6, 6.07) is 8.19. The second kappa shape index (κ2) is 3.89. The van der Waals surface area contributed by atoms with Crippen LogP contribution in [0, 0.1) is 6.92 Å². The summed E-state index contributed by atoms with van der Waals surface area (Å²) in [5.74, 6) is 1.12. The molecular formula is C13H15NO. The molecule has 2 aromatic rings. The Kier molecular flexibility index (Phi) is 2.58. The molecule has 1 aromatic heterocycles. The molecule has 2 rings (SSSR count). The molecule has 2 heteroatoms. The summed E-state index contributed by atoms with van der Waals surface area (Å²) >= 11 is 0. The van der Waals surface area contributed by atoms with Crippen molar-refractivity contribution in [1.82, 2.24) is 4.98 Å². The maximum absolute atomic E-state index is 5.44. The van der Waals surface area contributed by atoms with Gasteiger partial charge < -0.3 is 4.42 Å². The van der Waals surface area contributed by atoms with Crippen molar-refractivity contribution < 1.29 is 4.42 Å². The second-order valence-corrected chi connectivity index (χ2v) is 4.10. The van der Waals surface area contributed by atoms with Crippen molar-refractivity contribution in [1.29, 1.82) is 0 Å². The molecule has 1 heterocycles. The number of aromatic nitrogens is 1. The number of nitrogens with zero attached hydrogens (tertiary/aromatic N) is 1. The summed E-state index contributed by atoms with van der Waals surface area (Å²) in [4.78, 5) is 4.44. The Morgan fingerprint density at radius 3 is 2.33 bits per heavy atom. The van der Waals surface area contributed by atoms with E-state index in [0.717, 1.165) is 11.3 Å². The molecule has 0 bridgehead atoms. The van der Waals surface area contributed by atoms with Gasteiger partial charge in [-0.3, -0.25) is 0 Å². The van der Waals surface area contributed by atoms with E-state index in [-0.39, 0.29) is 0 Å². The Hall–Kier alpha value is -1.57. The van der Waals surface area contributed by atoms with E-state index >= 15 is 0 Å². The van der Waals surface area contributed by atoms with Crippen molar-refractivity contribution in [2.75, 3.05) is 0 Å². The third-order valence-corrected chi connectivity index (χ3v) is 2.41. The van der Waals surface area contributed by atoms with Gasteiger partial charge in [-0.25, -0.2) is 4.98 Å². The van der Waals surface area contributed by atoms with Gasteiger partial charge in [-0.05, 0) is 25.0 Å². The van der Waals surface area contributed by atoms with Crippen molar-refractivity contribution in [2.24, 2.45) is 0 Å². The molecule has 0 N–H and O–H groups in total. The highest BCUT2D eigenvalue weighted by molar-refractivity contribution is 5.53. The standard InChI is InChI=1S/C13H15NO/c1-9(2)12-8-15-13(14-12)11-6-4-10(3)5-7-11/h4-9H,1-3H3. The van der Waals surface area contributed by atoms with Crippen LogP contribution in [-0.2, 0) is 0 Å². The number of hydrogen-bond acceptors (Lipinski definition) is 2. The van der Waals surface area contributed by atoms with Gasteiger partial charge >= 0.3 is 0 Å². The van der Waals surface area contributed by atoms with Gasteiger partial charge in [0.15, 0.2) is 0 Å². The van der Waals surface area contributed by atoms with E-state index in [1.54, 1.807) is 6.26 Å². The topological polar surface area (TPSA) is 26.0 Å². The lowest BCUT2D eigenvalue weighted by Gasteiger charge is -1.96. The van der Waals surface area contributed by atoms with Gasteiger partial charge in [-0.15, -0.1) is 0 Å². The first-order valence-corrected chi connectivity index (χ1v) is 5.19. The highest BCUT2D eigenvalue weighted by Gasteiger charge is 2.08. The maximum Gasteiger partial charge on any atom is 0.226 e. The molecule has 0 saturated carbocycles. The van der Waals surface area contributed by atoms with E-state index in [2.05, 4.69) is 37.9 Å². The van der Waals surface area contributed by atoms with Crippen molar-refractivity contribution in [3.63, 3.8) is 0 Å². The van der Waals surface area contributed by atoms with E-state index < -0.39 is 0 Å². The molecular weight excluding hydrogens is 186 g/mol. The minimum atomic E-state index is 0.410. The van der Waals surface area contributed by atoms with Crippen LogP contribution in [0.15, 0.2) is 34.9 Å². The number of aryl methyl sites for hydroxylation is 1. The molecule has 15 heavy (non-hydrogen) atoms. The van der Waals surface area contributed by atoms with Crippen LogP contribution in [0.3, 0.4) is 0 Å². The molecule has 0 aliphatic heterocycles. The van der Waals surface area contributed by atoms with E-state index in [4.69, 9.17) is 4.42 Å². The minimum absolute atomic E-state index is 0.410. The summed E-state index contributed by atoms with van der Waals surface area (Å²) in [5.41, 5.74) is 3.28. The summed E-state index contributed by atoms with van der Waals surface area (Å²) < 4.78 is 5.44. The molecule has 0 atom stereocenters. The Labute approximate surface area is 90.0 Å². The lowest BCUT2D eigenvalue weighted by molar-refractivity contribution is 0.571. The first-order chi connectivity index (χ1) is 7.16. The molecule has 0 saturated heterocycles. The quantitative estimate of drug-likeness (QED) is 0.739. The molecule has 2 nitrogen and oxygen atoms in total. The highest BCUT2D eigenvalue weighted by atomic mass is 16.3. The fraction of sp³-hybridized carbons (Fsp3) is 0.308. The smallest absolute Gasteiger partial charge is 0.226 e. The molecule has 0 amide bonds. The Morgan fingerprint density at radius 1 is 1.13 bits per heavy atom. The van der Waals surface area contributed by atoms with Gasteiger partial charge in [0, 0.05) is 5.56 Å². The Balaban J connectivity index is 2.33. The van der Waals surface area contributed by atoms with Gasteiger partial charge in [0.25, 0.3) is 0 Å². The maximum atomic E-state index is 5.44. The van der Waals surface area contributed by atoms with Crippen molar-refractivity contribution in [2.45, 2.75) is 26.7 Å². The minimum Gasteiger partial charge on any atom is -0.444 e. The lowest BCUT2D eigenvalue weighted by atomic mass is 10.1. The average Bonchev–Trinajstić information content (AvgIpc) is 2.68. The Morgan fingerprint density at radius 2 is 1.80 bits per heavy atom. The predicted molar refractivity (Wildman–Crippen MR) is 60.8 cm³/mol. The molecule has 0 unspecified atom stereocenters. The number of benzene rings is 1. The van der Waals surface area contributed by atoms with Crippen LogP contribution < -0.4 is 0 Å². The fourth-order valence-electron chi connectivity index (χ4n) is 1.38. The summed E-state index contributed by atoms with van der Waals surface area (Å²) in [6.45, 7) is 6.28. The van der Waals surface area contributed by atoms with Crippen LogP contribution >= 0.6 is 0 Å². The average molecular weight is 201 g/mol. The fourth-order valence-corrected chi connectivity index (χ4v) is 1.38. The molecule has 0 aliphatic rings. The number of oxazole rings is 1. The summed E-state index contributed by atoms with van der Waals surface area (Å²) in [7, 11) is 0. The zero-order valence-corrected chi connectivity index (χ0v) is 9.32. The lowest BCUT2D eigenvalue weighted by Crippen LogP contribution is -1.86. The summed E-state index contributed by atoms with van der Waals surface area (Å²) in [5, 5.41) is 0. The summed E-state index contributed by atoms with van der Waals surface area (Å²) in [6.07, 6.45) is 1.74. The second-order valence-electron chi connectivity index (χ2n) is 4.10. The molecule has 78 valence electrons. The monoisotopic (exact) mass is 201 g/mol. The largest absolute Gasteiger partial charge is 0.444 e. The van der Waals surface area contributed by atoms with Gasteiger partial charge in [0.2, 0.25) is 5.89 Å². The van der Waals surface area contributed by atoms with E-state index in [1.165, 1.54) is 5.56 Å². The van der Waals surface area contributed by atoms with Gasteiger partial charge in [-0.1, -0.05) is 31.5 Å². The highest BCUT2D eigenvalue weighted by Crippen LogP contribution is 2.22. The zero-order valence-electron chi connectivity index (χ0n) is 9.32. The van der Waals surface area contributed by atoms with Crippen molar-refractivity contribution in [3.05, 3.63) is 41.8 Å². The van der Waals surface area contributed by atoms with Crippen molar-refractivity contribution >= 4 is 0 Å². The van der Waals surface area contributed by atoms with Gasteiger partial charge in [-0.2, -0.15) is 0 Å². The molecule has 0 aliphatic carbocycles. The zero-order chi connectivity index (χ0) is 10.8. The van der Waals surface area contributed by atoms with Gasteiger partial charge in [0.1, 0.15) is 6.26 Å². The van der Waals surface area contributed by atoms with E-state index in [9.17, 15) is 0 Å². The van der Waals surface area contributed by atoms with Crippen LogP contribution in [-0.4, -0.2) is 4.98 Å². The van der Waals surface area contributed by atoms with Crippen LogP contribution in [0.4, 0.5) is 0 Å². The van der Waals surface area contributed by atoms with Crippen LogP contribution in [0.1, 0.15) is 31.0 Å². The van der Waals surface area contributed by atoms with Crippen LogP contribution in [0.25, 0.3) is 11.5 Å². The SMILES string of the molecule is Cc1ccc(-c2nc(C(C)C)co2)cc1. The van der Waals surface area contributed by atoms with E-state index in [1.807, 2.05) is 12.1 Å². The van der Waals surface area contributed by atoms with Crippen LogP contribution in [0.2, 0.25) is 0 Å². The van der Waals surface area contributed by atoms with E-state index in [0.29, 0.717) is 11.8 Å². The number of hydrogen-bond donors (Lipinski definition) is 0. The third-order valence-electron chi connectivity index (χ3n) is 2.41. The number of rotatable bonds is 2. The van der Waals surface area contributed by atoms with Gasteiger partial charge in [0.05, 0.1) is 5.69 Å². The molecule has 0 spiro atoms. The van der Waals surface area contributed by atoms with Crippen molar-refractivity contribution in [3.8, 4) is 11.5 Å². The molecule has 1 aromatic carbocycles. The first kappa shape index (κ1) is 9.97. The third kappa shape index (κ3) is 2.09. The molecule has 0 radical (unpaired) electrons. The normalized spacial score (nSPS) is 10.9. The first-order valence-electron chi connectivity index (χ1n) is 5.19. The van der Waals surface area contributed by atoms with Crippen LogP contribution in [0.5, 0.6) is 0 Å².